The van der Waals surface area contributed by atoms with Crippen molar-refractivity contribution < 1.29 is 24.6 Å². The van der Waals surface area contributed by atoms with E-state index < -0.39 is 8.25 Å². The molecule has 0 fully saturated rings. The molecule has 0 amide bonds. The number of aliphatic hydroxyl groups excluding tert-OH is 2. The van der Waals surface area contributed by atoms with Crippen molar-refractivity contribution in [2.45, 2.75) is 26.2 Å². The minimum atomic E-state index is -2.87. The number of hydrogen-bond donors (Lipinski definition) is 4. The second kappa shape index (κ2) is 14.9. The molecule has 4 N–H and O–H groups in total. The molecule has 0 saturated heterocycles. The van der Waals surface area contributed by atoms with Gasteiger partial charge >= 0.3 is 8.25 Å². The van der Waals surface area contributed by atoms with E-state index in [1.807, 2.05) is 0 Å². The van der Waals surface area contributed by atoms with Crippen molar-refractivity contribution in [3.05, 3.63) is 0 Å². The van der Waals surface area contributed by atoms with E-state index in [4.69, 9.17) is 24.6 Å². The van der Waals surface area contributed by atoms with Crippen LogP contribution in [-0.4, -0.2) is 57.7 Å². The maximum Gasteiger partial charge on any atom is 0.692 e. The molecular formula is C9H23NO5P+. The first kappa shape index (κ1) is 18.3. The summed E-state index contributed by atoms with van der Waals surface area (Å²) in [6.07, 6.45) is 3.61. The van der Waals surface area contributed by atoms with Gasteiger partial charge in [0.15, 0.2) is 0 Å². The highest BCUT2D eigenvalue weighted by Crippen LogP contribution is 1.98. The zero-order valence-corrected chi connectivity index (χ0v) is 10.6. The summed E-state index contributed by atoms with van der Waals surface area (Å²) >= 11 is 0. The first-order valence-corrected chi connectivity index (χ1v) is 6.54. The third-order valence-electron chi connectivity index (χ3n) is 1.91. The van der Waals surface area contributed by atoms with E-state index in [0.29, 0.717) is 13.1 Å². The van der Waals surface area contributed by atoms with Crippen LogP contribution >= 0.6 is 8.25 Å². The fourth-order valence-corrected chi connectivity index (χ4v) is 1.20. The molecule has 0 aromatic rings. The summed E-state index contributed by atoms with van der Waals surface area (Å²) in [5, 5.41) is 17.4. The normalized spacial score (nSPS) is 9.88. The lowest BCUT2D eigenvalue weighted by Gasteiger charge is -2.19. The lowest BCUT2D eigenvalue weighted by atomic mass is 10.2. The quantitative estimate of drug-likeness (QED) is 0.363. The molecule has 0 spiro atoms. The van der Waals surface area contributed by atoms with Crippen LogP contribution in [-0.2, 0) is 4.57 Å². The molecule has 0 aromatic carbocycles. The molecule has 0 unspecified atom stereocenters. The van der Waals surface area contributed by atoms with E-state index >= 15 is 0 Å². The summed E-state index contributed by atoms with van der Waals surface area (Å²) in [6, 6.07) is 0. The van der Waals surface area contributed by atoms with Gasteiger partial charge in [-0.15, -0.1) is 9.79 Å². The predicted molar refractivity (Wildman–Crippen MR) is 62.2 cm³/mol. The monoisotopic (exact) mass is 256 g/mol. The fraction of sp³-hybridized carbons (Fsp3) is 1.00. The molecule has 0 aliphatic rings. The second-order valence-electron chi connectivity index (χ2n) is 3.25. The van der Waals surface area contributed by atoms with E-state index in [-0.39, 0.29) is 13.2 Å². The van der Waals surface area contributed by atoms with Crippen LogP contribution in [0.5, 0.6) is 0 Å². The van der Waals surface area contributed by atoms with Gasteiger partial charge < -0.3 is 10.2 Å². The lowest BCUT2D eigenvalue weighted by Crippen LogP contribution is -2.30. The van der Waals surface area contributed by atoms with Gasteiger partial charge in [-0.25, -0.2) is 0 Å². The predicted octanol–water partition coefficient (Wildman–Crippen LogP) is 0.0916. The third-order valence-corrected chi connectivity index (χ3v) is 1.91. The first-order valence-electron chi connectivity index (χ1n) is 5.37. The highest BCUT2D eigenvalue weighted by Gasteiger charge is 2.01. The Bertz CT molecular complexity index is 149. The number of aliphatic hydroxyl groups is 2. The number of rotatable bonds is 8. The van der Waals surface area contributed by atoms with Gasteiger partial charge in [-0.3, -0.25) is 4.90 Å². The molecule has 0 aliphatic heterocycles. The van der Waals surface area contributed by atoms with Crippen molar-refractivity contribution in [2.75, 3.05) is 32.8 Å². The molecule has 0 aliphatic carbocycles. The average Bonchev–Trinajstić information content (AvgIpc) is 2.18. The summed E-state index contributed by atoms with van der Waals surface area (Å²) in [4.78, 5) is 16.3. The summed E-state index contributed by atoms with van der Waals surface area (Å²) in [7, 11) is -2.87. The Morgan fingerprint density at radius 3 is 1.75 bits per heavy atom. The Morgan fingerprint density at radius 2 is 1.44 bits per heavy atom. The molecule has 7 heteroatoms. The minimum Gasteiger partial charge on any atom is -0.395 e. The van der Waals surface area contributed by atoms with Crippen LogP contribution in [0.1, 0.15) is 26.2 Å². The van der Waals surface area contributed by atoms with E-state index in [0.717, 1.165) is 13.0 Å². The fourth-order valence-electron chi connectivity index (χ4n) is 1.20. The summed E-state index contributed by atoms with van der Waals surface area (Å²) in [5.74, 6) is 0. The highest BCUT2D eigenvalue weighted by molar-refractivity contribution is 7.30. The topological polar surface area (TPSA) is 101 Å². The van der Waals surface area contributed by atoms with Crippen molar-refractivity contribution in [3.8, 4) is 0 Å². The van der Waals surface area contributed by atoms with Crippen molar-refractivity contribution >= 4 is 8.25 Å². The molecular weight excluding hydrogens is 233 g/mol. The molecule has 0 bridgehead atoms. The second-order valence-corrected chi connectivity index (χ2v) is 3.75. The Morgan fingerprint density at radius 1 is 1.00 bits per heavy atom. The average molecular weight is 256 g/mol. The van der Waals surface area contributed by atoms with Crippen molar-refractivity contribution in [2.24, 2.45) is 0 Å². The smallest absolute Gasteiger partial charge is 0.395 e. The maximum atomic E-state index is 8.70. The largest absolute Gasteiger partial charge is 0.692 e. The van der Waals surface area contributed by atoms with Crippen LogP contribution < -0.4 is 0 Å². The van der Waals surface area contributed by atoms with Crippen LogP contribution in [0.4, 0.5) is 0 Å². The van der Waals surface area contributed by atoms with Crippen LogP contribution in [0.25, 0.3) is 0 Å². The zero-order valence-electron chi connectivity index (χ0n) is 9.75. The van der Waals surface area contributed by atoms with Gasteiger partial charge in [0.25, 0.3) is 0 Å². The molecule has 0 saturated carbocycles. The Kier molecular flexibility index (Phi) is 17.0. The van der Waals surface area contributed by atoms with Gasteiger partial charge in [0.05, 0.1) is 13.2 Å². The van der Waals surface area contributed by atoms with Crippen LogP contribution in [0, 0.1) is 0 Å². The molecule has 98 valence electrons. The highest BCUT2D eigenvalue weighted by atomic mass is 31.1. The number of hydrogen-bond acceptors (Lipinski definition) is 4. The summed E-state index contributed by atoms with van der Waals surface area (Å²) < 4.78 is 8.70. The zero-order chi connectivity index (χ0) is 12.8. The van der Waals surface area contributed by atoms with Gasteiger partial charge in [-0.1, -0.05) is 19.8 Å². The summed E-state index contributed by atoms with van der Waals surface area (Å²) in [5.41, 5.74) is 0. The molecule has 0 rings (SSSR count). The van der Waals surface area contributed by atoms with Crippen LogP contribution in [0.3, 0.4) is 0 Å². The molecule has 0 heterocycles. The van der Waals surface area contributed by atoms with Gasteiger partial charge in [-0.2, -0.15) is 0 Å². The Hall–Kier alpha value is -0.100. The van der Waals surface area contributed by atoms with Gasteiger partial charge in [0.1, 0.15) is 0 Å². The van der Waals surface area contributed by atoms with E-state index in [1.165, 1.54) is 12.8 Å². The van der Waals surface area contributed by atoms with Crippen molar-refractivity contribution in [1.29, 1.82) is 0 Å². The maximum absolute atomic E-state index is 8.70. The molecule has 0 aromatic heterocycles. The van der Waals surface area contributed by atoms with Crippen LogP contribution in [0.2, 0.25) is 0 Å². The first-order chi connectivity index (χ1) is 7.58. The van der Waals surface area contributed by atoms with Gasteiger partial charge in [0.2, 0.25) is 0 Å². The Balaban J connectivity index is 0. The Labute approximate surface area is 97.5 Å². The number of unbranched alkanes of at least 4 members (excludes halogenated alkanes) is 2. The van der Waals surface area contributed by atoms with E-state index in [2.05, 4.69) is 11.8 Å². The van der Waals surface area contributed by atoms with E-state index in [1.54, 1.807) is 0 Å². The molecule has 16 heavy (non-hydrogen) atoms. The third kappa shape index (κ3) is 19.5. The summed E-state index contributed by atoms with van der Waals surface area (Å²) in [6.45, 7) is 4.91. The van der Waals surface area contributed by atoms with Gasteiger partial charge in [-0.05, 0) is 13.0 Å². The molecule has 6 nitrogen and oxygen atoms in total. The van der Waals surface area contributed by atoms with Crippen LogP contribution in [0.15, 0.2) is 0 Å². The van der Waals surface area contributed by atoms with Crippen molar-refractivity contribution in [3.63, 3.8) is 0 Å². The number of nitrogens with zero attached hydrogens (tertiary/aromatic N) is 1. The SMILES string of the molecule is CCCCCN(CCO)CCO.O=[P+](O)O. The lowest BCUT2D eigenvalue weighted by molar-refractivity contribution is 0.159. The van der Waals surface area contributed by atoms with Gasteiger partial charge in [0, 0.05) is 17.7 Å². The molecule has 0 atom stereocenters. The molecule has 0 radical (unpaired) electrons. The standard InChI is InChI=1S/C9H21NO2.HO3P/c1-2-3-4-5-10(6-8-11)7-9-12;1-4(2)3/h11-12H,2-9H2,1H3;(H-,1,2,3)/p+1. The van der Waals surface area contributed by atoms with E-state index in [9.17, 15) is 0 Å². The minimum absolute atomic E-state index is 0.187. The van der Waals surface area contributed by atoms with Crippen molar-refractivity contribution in [1.82, 2.24) is 4.90 Å².